The maximum atomic E-state index is 12.6. The number of rotatable bonds is 4. The van der Waals surface area contributed by atoms with Gasteiger partial charge in [-0.2, -0.15) is 0 Å². The molecule has 0 aliphatic carbocycles. The van der Waals surface area contributed by atoms with E-state index in [1.165, 1.54) is 0 Å². The fraction of sp³-hybridized carbons (Fsp3) is 0.353. The van der Waals surface area contributed by atoms with Crippen molar-refractivity contribution >= 4 is 17.4 Å². The van der Waals surface area contributed by atoms with Crippen LogP contribution in [-0.4, -0.2) is 54.2 Å². The molecule has 0 atom stereocenters. The SMILES string of the molecule is COc1ccccc1Nc1cc(C(=O)N2CCOCC2)nc(C)n1. The summed E-state index contributed by atoms with van der Waals surface area (Å²) in [6.07, 6.45) is 0. The first-order valence-electron chi connectivity index (χ1n) is 7.80. The Morgan fingerprint density at radius 1 is 1.25 bits per heavy atom. The highest BCUT2D eigenvalue weighted by molar-refractivity contribution is 5.93. The summed E-state index contributed by atoms with van der Waals surface area (Å²) in [7, 11) is 1.61. The molecule has 1 fully saturated rings. The summed E-state index contributed by atoms with van der Waals surface area (Å²) in [4.78, 5) is 23.0. The fourth-order valence-electron chi connectivity index (χ4n) is 2.56. The van der Waals surface area contributed by atoms with Crippen molar-refractivity contribution in [3.63, 3.8) is 0 Å². The molecular weight excluding hydrogens is 308 g/mol. The number of aromatic nitrogens is 2. The molecule has 24 heavy (non-hydrogen) atoms. The van der Waals surface area contributed by atoms with Gasteiger partial charge < -0.3 is 19.7 Å². The molecule has 0 saturated carbocycles. The number of amides is 1. The van der Waals surface area contributed by atoms with Crippen LogP contribution in [0.4, 0.5) is 11.5 Å². The largest absolute Gasteiger partial charge is 0.495 e. The highest BCUT2D eigenvalue weighted by Gasteiger charge is 2.20. The Morgan fingerprint density at radius 2 is 2.00 bits per heavy atom. The van der Waals surface area contributed by atoms with E-state index < -0.39 is 0 Å². The minimum absolute atomic E-state index is 0.105. The van der Waals surface area contributed by atoms with E-state index in [4.69, 9.17) is 9.47 Å². The van der Waals surface area contributed by atoms with Gasteiger partial charge in [-0.3, -0.25) is 4.79 Å². The first-order chi connectivity index (χ1) is 11.7. The number of hydrogen-bond acceptors (Lipinski definition) is 6. The lowest BCUT2D eigenvalue weighted by molar-refractivity contribution is 0.0299. The van der Waals surface area contributed by atoms with Crippen LogP contribution in [-0.2, 0) is 4.74 Å². The number of benzene rings is 1. The number of para-hydroxylation sites is 2. The van der Waals surface area contributed by atoms with Gasteiger partial charge in [-0.15, -0.1) is 0 Å². The zero-order valence-electron chi connectivity index (χ0n) is 13.8. The number of nitrogens with one attached hydrogen (secondary N) is 1. The number of aryl methyl sites for hydroxylation is 1. The third-order valence-corrected chi connectivity index (χ3v) is 3.73. The Bertz CT molecular complexity index is 730. The van der Waals surface area contributed by atoms with Crippen LogP contribution >= 0.6 is 0 Å². The minimum atomic E-state index is -0.105. The van der Waals surface area contributed by atoms with Crippen molar-refractivity contribution in [2.45, 2.75) is 6.92 Å². The molecular formula is C17H20N4O3. The molecule has 0 spiro atoms. The van der Waals surface area contributed by atoms with E-state index in [1.807, 2.05) is 24.3 Å². The molecule has 7 nitrogen and oxygen atoms in total. The first kappa shape index (κ1) is 16.2. The van der Waals surface area contributed by atoms with Gasteiger partial charge in [0.05, 0.1) is 26.0 Å². The molecule has 0 bridgehead atoms. The second-order valence-electron chi connectivity index (χ2n) is 5.42. The lowest BCUT2D eigenvalue weighted by atomic mass is 10.2. The summed E-state index contributed by atoms with van der Waals surface area (Å²) >= 11 is 0. The van der Waals surface area contributed by atoms with Gasteiger partial charge in [-0.05, 0) is 19.1 Å². The summed E-state index contributed by atoms with van der Waals surface area (Å²) in [6, 6.07) is 9.20. The summed E-state index contributed by atoms with van der Waals surface area (Å²) in [6.45, 7) is 4.04. The van der Waals surface area contributed by atoms with Crippen LogP contribution in [0.15, 0.2) is 30.3 Å². The Kier molecular flexibility index (Phi) is 4.90. The van der Waals surface area contributed by atoms with Gasteiger partial charge in [0, 0.05) is 19.2 Å². The van der Waals surface area contributed by atoms with Gasteiger partial charge in [0.2, 0.25) is 0 Å². The molecule has 0 radical (unpaired) electrons. The van der Waals surface area contributed by atoms with E-state index in [1.54, 1.807) is 25.0 Å². The lowest BCUT2D eigenvalue weighted by Crippen LogP contribution is -2.41. The molecule has 126 valence electrons. The van der Waals surface area contributed by atoms with Gasteiger partial charge in [0.1, 0.15) is 23.1 Å². The van der Waals surface area contributed by atoms with Gasteiger partial charge in [0.25, 0.3) is 5.91 Å². The molecule has 1 aliphatic rings. The third kappa shape index (κ3) is 3.62. The van der Waals surface area contributed by atoms with Crippen LogP contribution < -0.4 is 10.1 Å². The van der Waals surface area contributed by atoms with Crippen molar-refractivity contribution in [2.24, 2.45) is 0 Å². The quantitative estimate of drug-likeness (QED) is 0.925. The highest BCUT2D eigenvalue weighted by Crippen LogP contribution is 2.26. The predicted molar refractivity (Wildman–Crippen MR) is 89.8 cm³/mol. The van der Waals surface area contributed by atoms with Gasteiger partial charge in [0.15, 0.2) is 0 Å². The van der Waals surface area contributed by atoms with E-state index in [-0.39, 0.29) is 5.91 Å². The van der Waals surface area contributed by atoms with Crippen LogP contribution in [0.2, 0.25) is 0 Å². The third-order valence-electron chi connectivity index (χ3n) is 3.73. The van der Waals surface area contributed by atoms with Crippen LogP contribution in [0.5, 0.6) is 5.75 Å². The van der Waals surface area contributed by atoms with Crippen LogP contribution in [0, 0.1) is 6.92 Å². The van der Waals surface area contributed by atoms with E-state index >= 15 is 0 Å². The average molecular weight is 328 g/mol. The Balaban J connectivity index is 1.84. The molecule has 1 N–H and O–H groups in total. The summed E-state index contributed by atoms with van der Waals surface area (Å²) < 4.78 is 10.6. The van der Waals surface area contributed by atoms with E-state index in [9.17, 15) is 4.79 Å². The maximum absolute atomic E-state index is 12.6. The highest BCUT2D eigenvalue weighted by atomic mass is 16.5. The molecule has 1 saturated heterocycles. The standard InChI is InChI=1S/C17H20N4O3/c1-12-18-14(17(22)21-7-9-24-10-8-21)11-16(19-12)20-13-5-3-4-6-15(13)23-2/h3-6,11H,7-10H2,1-2H3,(H,18,19,20). The monoisotopic (exact) mass is 328 g/mol. The number of carbonyl (C=O) groups is 1. The topological polar surface area (TPSA) is 76.6 Å². The van der Waals surface area contributed by atoms with Crippen molar-refractivity contribution in [1.82, 2.24) is 14.9 Å². The van der Waals surface area contributed by atoms with Crippen LogP contribution in [0.25, 0.3) is 0 Å². The number of nitrogens with zero attached hydrogens (tertiary/aromatic N) is 3. The molecule has 2 heterocycles. The van der Waals surface area contributed by atoms with Crippen molar-refractivity contribution in [1.29, 1.82) is 0 Å². The van der Waals surface area contributed by atoms with Gasteiger partial charge in [-0.1, -0.05) is 12.1 Å². The second kappa shape index (κ2) is 7.27. The Morgan fingerprint density at radius 3 is 2.75 bits per heavy atom. The molecule has 1 aromatic heterocycles. The van der Waals surface area contributed by atoms with E-state index in [0.717, 1.165) is 5.69 Å². The average Bonchev–Trinajstić information content (AvgIpc) is 2.62. The molecule has 2 aromatic rings. The predicted octanol–water partition coefficient (Wildman–Crippen LogP) is 2.01. The number of hydrogen-bond donors (Lipinski definition) is 1. The number of morpholine rings is 1. The lowest BCUT2D eigenvalue weighted by Gasteiger charge is -2.26. The molecule has 0 unspecified atom stereocenters. The van der Waals surface area contributed by atoms with Crippen molar-refractivity contribution < 1.29 is 14.3 Å². The number of anilines is 2. The second-order valence-corrected chi connectivity index (χ2v) is 5.42. The smallest absolute Gasteiger partial charge is 0.272 e. The fourth-order valence-corrected chi connectivity index (χ4v) is 2.56. The molecule has 3 rings (SSSR count). The number of methoxy groups -OCH3 is 1. The summed E-state index contributed by atoms with van der Waals surface area (Å²) in [5.41, 5.74) is 1.16. The van der Waals surface area contributed by atoms with Crippen molar-refractivity contribution in [3.8, 4) is 5.75 Å². The van der Waals surface area contributed by atoms with Crippen LogP contribution in [0.3, 0.4) is 0 Å². The minimum Gasteiger partial charge on any atom is -0.495 e. The van der Waals surface area contributed by atoms with Crippen molar-refractivity contribution in [2.75, 3.05) is 38.7 Å². The normalized spacial score (nSPS) is 14.3. The molecule has 1 aliphatic heterocycles. The van der Waals surface area contributed by atoms with E-state index in [2.05, 4.69) is 15.3 Å². The zero-order chi connectivity index (χ0) is 16.9. The Labute approximate surface area is 140 Å². The first-order valence-corrected chi connectivity index (χ1v) is 7.80. The van der Waals surface area contributed by atoms with Gasteiger partial charge >= 0.3 is 0 Å². The number of carbonyl (C=O) groups excluding carboxylic acids is 1. The van der Waals surface area contributed by atoms with Crippen LogP contribution in [0.1, 0.15) is 16.3 Å². The van der Waals surface area contributed by atoms with Gasteiger partial charge in [-0.25, -0.2) is 9.97 Å². The molecule has 1 amide bonds. The maximum Gasteiger partial charge on any atom is 0.272 e. The van der Waals surface area contributed by atoms with Crippen molar-refractivity contribution in [3.05, 3.63) is 41.9 Å². The molecule has 7 heteroatoms. The zero-order valence-corrected chi connectivity index (χ0v) is 13.8. The van der Waals surface area contributed by atoms with E-state index in [0.29, 0.717) is 49.4 Å². The summed E-state index contributed by atoms with van der Waals surface area (Å²) in [5, 5.41) is 3.19. The Hall–Kier alpha value is -2.67. The molecule has 1 aromatic carbocycles. The number of ether oxygens (including phenoxy) is 2. The summed E-state index contributed by atoms with van der Waals surface area (Å²) in [5.74, 6) is 1.69.